The summed E-state index contributed by atoms with van der Waals surface area (Å²) in [6, 6.07) is 0. The number of H-pyrrole nitrogens is 1. The van der Waals surface area contributed by atoms with Crippen molar-refractivity contribution < 1.29 is 19.8 Å². The molecule has 1 aliphatic heterocycles. The number of hydrogen-bond donors (Lipinski definition) is 3. The molecule has 8 nitrogen and oxygen atoms in total. The van der Waals surface area contributed by atoms with Gasteiger partial charge in [0.1, 0.15) is 11.0 Å². The molecule has 3 N–H and O–H groups in total. The van der Waals surface area contributed by atoms with Crippen molar-refractivity contribution in [3.63, 3.8) is 0 Å². The van der Waals surface area contributed by atoms with Gasteiger partial charge in [0.05, 0.1) is 18.9 Å². The third-order valence-electron chi connectivity index (χ3n) is 2.65. The molecular formula is C11H12N2O6S. The largest absolute Gasteiger partial charge is 0.394 e. The highest BCUT2D eigenvalue weighted by Gasteiger charge is 2.35. The molecule has 0 bridgehead atoms. The minimum Gasteiger partial charge on any atom is -0.394 e. The number of aliphatic hydroxyl groups is 2. The van der Waals surface area contributed by atoms with Crippen LogP contribution in [0.15, 0.2) is 20.7 Å². The number of hydrogen-bond acceptors (Lipinski definition) is 7. The summed E-state index contributed by atoms with van der Waals surface area (Å²) in [6.07, 6.45) is 3.76. The van der Waals surface area contributed by atoms with Gasteiger partial charge in [-0.05, 0) is 17.0 Å². The van der Waals surface area contributed by atoms with Crippen LogP contribution in [0.4, 0.5) is 0 Å². The molecule has 0 saturated carbocycles. The summed E-state index contributed by atoms with van der Waals surface area (Å²) in [5.74, 6) is 0. The van der Waals surface area contributed by atoms with Crippen LogP contribution in [-0.2, 0) is 4.74 Å². The minimum absolute atomic E-state index is 0.0917. The molecule has 1 fully saturated rings. The highest BCUT2D eigenvalue weighted by Crippen LogP contribution is 2.19. The third kappa shape index (κ3) is 3.05. The lowest BCUT2D eigenvalue weighted by molar-refractivity contribution is -0.149. The average molecular weight is 300 g/mol. The molecule has 2 heterocycles. The first-order chi connectivity index (χ1) is 9.55. The number of nitrogens with zero attached hydrogens (tertiary/aromatic N) is 1. The first kappa shape index (κ1) is 14.7. The monoisotopic (exact) mass is 300 g/mol. The number of nitrogens with one attached hydrogen (secondary N) is 1. The fourth-order valence-electron chi connectivity index (χ4n) is 1.70. The van der Waals surface area contributed by atoms with Crippen LogP contribution in [0.5, 0.6) is 0 Å². The van der Waals surface area contributed by atoms with Gasteiger partial charge >= 0.3 is 5.69 Å². The predicted octanol–water partition coefficient (Wildman–Crippen LogP) is -1.88. The zero-order valence-electron chi connectivity index (χ0n) is 10.2. The summed E-state index contributed by atoms with van der Waals surface area (Å²) < 4.78 is 5.97. The van der Waals surface area contributed by atoms with Gasteiger partial charge in [0.25, 0.3) is 5.56 Å². The van der Waals surface area contributed by atoms with E-state index in [1.54, 1.807) is 0 Å². The van der Waals surface area contributed by atoms with Gasteiger partial charge in [-0.3, -0.25) is 9.78 Å². The van der Waals surface area contributed by atoms with E-state index < -0.39 is 29.7 Å². The molecule has 1 saturated heterocycles. The summed E-state index contributed by atoms with van der Waals surface area (Å²) in [6.45, 7) is -0.361. The Balaban J connectivity index is 2.18. The van der Waals surface area contributed by atoms with Gasteiger partial charge in [-0.1, -0.05) is 0 Å². The number of ether oxygens (including phenoxy) is 1. The number of rotatable bonds is 4. The highest BCUT2D eigenvalue weighted by molar-refractivity contribution is 8.03. The van der Waals surface area contributed by atoms with Crippen molar-refractivity contribution in [2.24, 2.45) is 0 Å². The molecule has 9 heteroatoms. The quantitative estimate of drug-likeness (QED) is 0.440. The lowest BCUT2D eigenvalue weighted by Crippen LogP contribution is -2.38. The molecule has 20 heavy (non-hydrogen) atoms. The van der Waals surface area contributed by atoms with Crippen molar-refractivity contribution in [2.75, 3.05) is 6.61 Å². The van der Waals surface area contributed by atoms with Crippen molar-refractivity contribution in [3.8, 4) is 11.7 Å². The maximum absolute atomic E-state index is 11.6. The first-order valence-electron chi connectivity index (χ1n) is 5.65. The van der Waals surface area contributed by atoms with Crippen LogP contribution in [0.25, 0.3) is 0 Å². The van der Waals surface area contributed by atoms with E-state index in [9.17, 15) is 14.7 Å². The molecule has 3 atom stereocenters. The summed E-state index contributed by atoms with van der Waals surface area (Å²) in [4.78, 5) is 30.4. The maximum Gasteiger partial charge on any atom is 0.361 e. The number of thioether (sulfide) groups is 1. The average Bonchev–Trinajstić information content (AvgIpc) is 2.75. The second kappa shape index (κ2) is 6.15. The van der Waals surface area contributed by atoms with Crippen LogP contribution in [-0.4, -0.2) is 45.0 Å². The van der Waals surface area contributed by atoms with E-state index in [0.717, 1.165) is 22.7 Å². The van der Waals surface area contributed by atoms with E-state index in [0.29, 0.717) is 0 Å². The summed E-state index contributed by atoms with van der Waals surface area (Å²) >= 11 is 0.802. The van der Waals surface area contributed by atoms with Crippen LogP contribution in [0, 0.1) is 11.7 Å². The van der Waals surface area contributed by atoms with Gasteiger partial charge in [-0.2, -0.15) is 0 Å². The molecular weight excluding hydrogens is 288 g/mol. The SMILES string of the molecule is C#CSc1cn(O[C@H]2CC(O)[C@@H](CO)O2)c(=O)[nH]c1=O. The van der Waals surface area contributed by atoms with Crippen molar-refractivity contribution in [2.45, 2.75) is 29.8 Å². The van der Waals surface area contributed by atoms with Crippen LogP contribution in [0.2, 0.25) is 0 Å². The van der Waals surface area contributed by atoms with Gasteiger partial charge in [0, 0.05) is 6.42 Å². The van der Waals surface area contributed by atoms with Crippen molar-refractivity contribution >= 4 is 11.8 Å². The minimum atomic E-state index is -0.908. The lowest BCUT2D eigenvalue weighted by Gasteiger charge is -2.14. The number of aromatic amines is 1. The van der Waals surface area contributed by atoms with E-state index in [1.165, 1.54) is 0 Å². The molecule has 1 aromatic rings. The Morgan fingerprint density at radius 1 is 1.65 bits per heavy atom. The van der Waals surface area contributed by atoms with Crippen LogP contribution in [0.3, 0.4) is 0 Å². The molecule has 0 radical (unpaired) electrons. The summed E-state index contributed by atoms with van der Waals surface area (Å²) in [5, 5.41) is 20.7. The van der Waals surface area contributed by atoms with Crippen molar-refractivity contribution in [3.05, 3.63) is 27.0 Å². The van der Waals surface area contributed by atoms with E-state index in [4.69, 9.17) is 21.1 Å². The Hall–Kier alpha value is -1.73. The Morgan fingerprint density at radius 3 is 3.00 bits per heavy atom. The highest BCUT2D eigenvalue weighted by atomic mass is 32.2. The second-order valence-electron chi connectivity index (χ2n) is 3.99. The van der Waals surface area contributed by atoms with Gasteiger partial charge < -0.3 is 19.8 Å². The lowest BCUT2D eigenvalue weighted by atomic mass is 10.2. The molecule has 2 rings (SSSR count). The molecule has 0 aliphatic carbocycles. The number of aromatic nitrogens is 2. The topological polar surface area (TPSA) is 114 Å². The molecule has 1 aromatic heterocycles. The van der Waals surface area contributed by atoms with Crippen LogP contribution < -0.4 is 16.1 Å². The standard InChI is InChI=1S/C11H12N2O6S/c1-2-20-8-4-13(11(17)12-10(8)16)19-9-3-6(15)7(5-14)18-9/h1,4,6-7,9,14-15H,3,5H2,(H,12,16,17)/t6?,7-,9+/m1/s1. The van der Waals surface area contributed by atoms with E-state index in [1.807, 2.05) is 4.98 Å². The van der Waals surface area contributed by atoms with Crippen LogP contribution in [0.1, 0.15) is 6.42 Å². The molecule has 108 valence electrons. The van der Waals surface area contributed by atoms with Gasteiger partial charge in [0.2, 0.25) is 6.29 Å². The third-order valence-corrected chi connectivity index (χ3v) is 3.28. The second-order valence-corrected chi connectivity index (χ2v) is 4.87. The zero-order chi connectivity index (χ0) is 14.7. The Kier molecular flexibility index (Phi) is 4.51. The smallest absolute Gasteiger partial charge is 0.361 e. The van der Waals surface area contributed by atoms with Crippen LogP contribution >= 0.6 is 11.8 Å². The van der Waals surface area contributed by atoms with E-state index in [2.05, 4.69) is 5.25 Å². The molecule has 1 aliphatic rings. The Labute approximate surface area is 117 Å². The molecule has 0 spiro atoms. The molecule has 1 unspecified atom stereocenters. The van der Waals surface area contributed by atoms with Gasteiger partial charge in [0.15, 0.2) is 0 Å². The fraction of sp³-hybridized carbons (Fsp3) is 0.455. The summed E-state index contributed by atoms with van der Waals surface area (Å²) in [5.41, 5.74) is -1.40. The molecule has 0 amide bonds. The fourth-order valence-corrected chi connectivity index (χ4v) is 2.12. The summed E-state index contributed by atoms with van der Waals surface area (Å²) in [7, 11) is 0. The number of aliphatic hydroxyl groups excluding tert-OH is 2. The van der Waals surface area contributed by atoms with Gasteiger partial charge in [-0.25, -0.2) is 4.79 Å². The normalized spacial score (nSPS) is 25.4. The van der Waals surface area contributed by atoms with E-state index >= 15 is 0 Å². The Morgan fingerprint density at radius 2 is 2.40 bits per heavy atom. The zero-order valence-corrected chi connectivity index (χ0v) is 11.0. The van der Waals surface area contributed by atoms with Crippen molar-refractivity contribution in [1.29, 1.82) is 0 Å². The predicted molar refractivity (Wildman–Crippen MR) is 69.0 cm³/mol. The van der Waals surface area contributed by atoms with E-state index in [-0.39, 0.29) is 17.9 Å². The Bertz CT molecular complexity index is 633. The number of terminal acetylenes is 1. The van der Waals surface area contributed by atoms with Crippen molar-refractivity contribution in [1.82, 2.24) is 9.71 Å². The molecule has 0 aromatic carbocycles. The maximum atomic E-state index is 11.6. The van der Waals surface area contributed by atoms with Gasteiger partial charge in [-0.15, -0.1) is 11.2 Å². The first-order valence-corrected chi connectivity index (χ1v) is 6.46.